The van der Waals surface area contributed by atoms with Gasteiger partial charge in [0.2, 0.25) is 5.91 Å². The summed E-state index contributed by atoms with van der Waals surface area (Å²) in [4.78, 5) is 14.4. The third-order valence-electron chi connectivity index (χ3n) is 3.12. The molecule has 1 rings (SSSR count). The second kappa shape index (κ2) is 7.24. The molecule has 0 bridgehead atoms. The van der Waals surface area contributed by atoms with Crippen molar-refractivity contribution >= 4 is 28.8 Å². The third kappa shape index (κ3) is 4.45. The van der Waals surface area contributed by atoms with E-state index in [0.717, 1.165) is 15.6 Å². The minimum absolute atomic E-state index is 0.0324. The average molecular weight is 304 g/mol. The van der Waals surface area contributed by atoms with Crippen molar-refractivity contribution in [3.05, 3.63) is 21.3 Å². The molecule has 108 valence electrons. The van der Waals surface area contributed by atoms with Crippen LogP contribution in [-0.4, -0.2) is 29.4 Å². The van der Waals surface area contributed by atoms with E-state index in [1.807, 2.05) is 37.8 Å². The van der Waals surface area contributed by atoms with Crippen molar-refractivity contribution in [2.24, 2.45) is 11.5 Å². The van der Waals surface area contributed by atoms with Crippen molar-refractivity contribution in [3.63, 3.8) is 0 Å². The summed E-state index contributed by atoms with van der Waals surface area (Å²) in [6.45, 7) is 6.31. The van der Waals surface area contributed by atoms with Crippen molar-refractivity contribution in [3.8, 4) is 0 Å². The smallest absolute Gasteiger partial charge is 0.231 e. The lowest BCUT2D eigenvalue weighted by atomic mass is 10.0. The summed E-state index contributed by atoms with van der Waals surface area (Å²) >= 11 is 7.51. The van der Waals surface area contributed by atoms with Gasteiger partial charge in [0.15, 0.2) is 0 Å². The molecule has 0 fully saturated rings. The molecule has 0 saturated carbocycles. The second-order valence-corrected chi connectivity index (χ2v) is 6.64. The second-order valence-electron chi connectivity index (χ2n) is 4.89. The highest BCUT2D eigenvalue weighted by atomic mass is 35.5. The van der Waals surface area contributed by atoms with Gasteiger partial charge in [0, 0.05) is 17.0 Å². The first-order valence-electron chi connectivity index (χ1n) is 6.41. The molecular formula is C13H22ClN3OS. The van der Waals surface area contributed by atoms with Crippen LogP contribution in [0.5, 0.6) is 0 Å². The number of hydrogen-bond acceptors (Lipinski definition) is 4. The molecule has 6 heteroatoms. The van der Waals surface area contributed by atoms with Crippen LogP contribution in [0.2, 0.25) is 4.34 Å². The molecule has 0 saturated heterocycles. The van der Waals surface area contributed by atoms with Gasteiger partial charge in [-0.3, -0.25) is 9.69 Å². The molecule has 0 spiro atoms. The number of primary amides is 1. The van der Waals surface area contributed by atoms with E-state index in [1.54, 1.807) is 0 Å². The maximum absolute atomic E-state index is 11.3. The van der Waals surface area contributed by atoms with E-state index in [-0.39, 0.29) is 30.6 Å². The number of nitrogens with zero attached hydrogens (tertiary/aromatic N) is 1. The number of amides is 1. The number of thiophene rings is 1. The number of nitrogens with two attached hydrogens (primary N) is 2. The fourth-order valence-corrected chi connectivity index (χ4v) is 3.37. The summed E-state index contributed by atoms with van der Waals surface area (Å²) in [6.07, 6.45) is 0.822. The topological polar surface area (TPSA) is 72.3 Å². The van der Waals surface area contributed by atoms with Crippen LogP contribution in [0.3, 0.4) is 0 Å². The largest absolute Gasteiger partial charge is 0.369 e. The van der Waals surface area contributed by atoms with Crippen LogP contribution in [0, 0.1) is 0 Å². The lowest BCUT2D eigenvalue weighted by Crippen LogP contribution is -2.47. The minimum atomic E-state index is -0.343. The van der Waals surface area contributed by atoms with Crippen LogP contribution in [0.1, 0.15) is 38.1 Å². The normalized spacial score (nSPS) is 14.9. The Morgan fingerprint density at radius 2 is 2.11 bits per heavy atom. The van der Waals surface area contributed by atoms with E-state index in [1.165, 1.54) is 11.3 Å². The molecule has 0 aliphatic heterocycles. The molecule has 2 atom stereocenters. The Balaban J connectivity index is 3.09. The zero-order valence-corrected chi connectivity index (χ0v) is 13.2. The Labute approximate surface area is 123 Å². The maximum atomic E-state index is 11.3. The number of carbonyl (C=O) groups is 1. The minimum Gasteiger partial charge on any atom is -0.369 e. The van der Waals surface area contributed by atoms with Gasteiger partial charge in [-0.25, -0.2) is 0 Å². The van der Waals surface area contributed by atoms with Crippen LogP contribution in [0.4, 0.5) is 0 Å². The van der Waals surface area contributed by atoms with Gasteiger partial charge in [0.05, 0.1) is 16.9 Å². The Hall–Kier alpha value is -0.620. The van der Waals surface area contributed by atoms with Crippen LogP contribution < -0.4 is 11.5 Å². The molecule has 2 unspecified atom stereocenters. The first kappa shape index (κ1) is 16.4. The number of rotatable bonds is 7. The molecule has 0 aliphatic rings. The van der Waals surface area contributed by atoms with Gasteiger partial charge in [0.1, 0.15) is 0 Å². The summed E-state index contributed by atoms with van der Waals surface area (Å²) in [5.74, 6) is -0.343. The quantitative estimate of drug-likeness (QED) is 0.812. The van der Waals surface area contributed by atoms with Crippen molar-refractivity contribution in [2.75, 3.05) is 6.54 Å². The van der Waals surface area contributed by atoms with E-state index >= 15 is 0 Å². The van der Waals surface area contributed by atoms with Gasteiger partial charge in [-0.05, 0) is 32.4 Å². The Morgan fingerprint density at radius 1 is 1.47 bits per heavy atom. The van der Waals surface area contributed by atoms with Crippen LogP contribution >= 0.6 is 22.9 Å². The summed E-state index contributed by atoms with van der Waals surface area (Å²) in [5, 5.41) is 0. The highest BCUT2D eigenvalue weighted by molar-refractivity contribution is 7.16. The Bertz CT molecular complexity index is 422. The molecule has 4 N–H and O–H groups in total. The zero-order chi connectivity index (χ0) is 14.6. The van der Waals surface area contributed by atoms with Gasteiger partial charge in [-0.2, -0.15) is 0 Å². The van der Waals surface area contributed by atoms with Gasteiger partial charge >= 0.3 is 0 Å². The SMILES string of the molecule is CCC(N)C(c1ccc(Cl)s1)N(CC(N)=O)C(C)C. The van der Waals surface area contributed by atoms with Crippen molar-refractivity contribution in [1.29, 1.82) is 0 Å². The van der Waals surface area contributed by atoms with E-state index in [4.69, 9.17) is 23.1 Å². The number of hydrogen-bond donors (Lipinski definition) is 2. The predicted octanol–water partition coefficient (Wildman–Crippen LogP) is 2.38. The van der Waals surface area contributed by atoms with Gasteiger partial charge in [0.25, 0.3) is 0 Å². The molecule has 0 aliphatic carbocycles. The third-order valence-corrected chi connectivity index (χ3v) is 4.42. The molecule has 0 aromatic carbocycles. The summed E-state index contributed by atoms with van der Waals surface area (Å²) in [6, 6.07) is 3.92. The summed E-state index contributed by atoms with van der Waals surface area (Å²) in [7, 11) is 0. The molecular weight excluding hydrogens is 282 g/mol. The first-order chi connectivity index (χ1) is 8.86. The van der Waals surface area contributed by atoms with Crippen LogP contribution in [-0.2, 0) is 4.79 Å². The van der Waals surface area contributed by atoms with E-state index in [0.29, 0.717) is 0 Å². The monoisotopic (exact) mass is 303 g/mol. The van der Waals surface area contributed by atoms with Gasteiger partial charge in [-0.1, -0.05) is 18.5 Å². The van der Waals surface area contributed by atoms with Gasteiger partial charge < -0.3 is 11.5 Å². The number of carbonyl (C=O) groups excluding carboxylic acids is 1. The fraction of sp³-hybridized carbons (Fsp3) is 0.615. The lowest BCUT2D eigenvalue weighted by Gasteiger charge is -2.36. The summed E-state index contributed by atoms with van der Waals surface area (Å²) < 4.78 is 0.728. The molecule has 4 nitrogen and oxygen atoms in total. The highest BCUT2D eigenvalue weighted by Crippen LogP contribution is 2.34. The van der Waals surface area contributed by atoms with E-state index in [2.05, 4.69) is 0 Å². The fourth-order valence-electron chi connectivity index (χ4n) is 2.11. The van der Waals surface area contributed by atoms with Crippen LogP contribution in [0.25, 0.3) is 0 Å². The average Bonchev–Trinajstić information content (AvgIpc) is 2.73. The predicted molar refractivity (Wildman–Crippen MR) is 81.4 cm³/mol. The zero-order valence-electron chi connectivity index (χ0n) is 11.6. The van der Waals surface area contributed by atoms with Crippen molar-refractivity contribution in [1.82, 2.24) is 4.90 Å². The molecule has 0 radical (unpaired) electrons. The highest BCUT2D eigenvalue weighted by Gasteiger charge is 2.29. The van der Waals surface area contributed by atoms with E-state index < -0.39 is 0 Å². The lowest BCUT2D eigenvalue weighted by molar-refractivity contribution is -0.120. The van der Waals surface area contributed by atoms with E-state index in [9.17, 15) is 4.79 Å². The van der Waals surface area contributed by atoms with Crippen LogP contribution in [0.15, 0.2) is 12.1 Å². The standard InChI is InChI=1S/C13H22ClN3OS/c1-4-9(15)13(10-5-6-11(14)19-10)17(8(2)3)7-12(16)18/h5-6,8-9,13H,4,7,15H2,1-3H3,(H2,16,18). The first-order valence-corrected chi connectivity index (χ1v) is 7.61. The molecule has 1 heterocycles. The molecule has 1 aromatic heterocycles. The molecule has 1 amide bonds. The Kier molecular flexibility index (Phi) is 6.26. The number of halogens is 1. The van der Waals surface area contributed by atoms with Gasteiger partial charge in [-0.15, -0.1) is 11.3 Å². The summed E-state index contributed by atoms with van der Waals surface area (Å²) in [5.41, 5.74) is 11.6. The van der Waals surface area contributed by atoms with Crippen molar-refractivity contribution in [2.45, 2.75) is 45.3 Å². The molecule has 19 heavy (non-hydrogen) atoms. The van der Waals surface area contributed by atoms with Crippen molar-refractivity contribution < 1.29 is 4.79 Å². The molecule has 1 aromatic rings. The maximum Gasteiger partial charge on any atom is 0.231 e. The Morgan fingerprint density at radius 3 is 2.47 bits per heavy atom.